The van der Waals surface area contributed by atoms with Gasteiger partial charge in [0.15, 0.2) is 0 Å². The van der Waals surface area contributed by atoms with Crippen molar-refractivity contribution in [2.75, 3.05) is 11.2 Å². The van der Waals surface area contributed by atoms with E-state index in [2.05, 4.69) is 15.5 Å². The zero-order valence-electron chi connectivity index (χ0n) is 9.64. The number of nitrogens with zero attached hydrogens (tertiary/aromatic N) is 2. The van der Waals surface area contributed by atoms with Crippen LogP contribution >= 0.6 is 11.6 Å². The second-order valence-corrected chi connectivity index (χ2v) is 4.10. The van der Waals surface area contributed by atoms with Gasteiger partial charge in [0, 0.05) is 11.6 Å². The molecule has 0 radical (unpaired) electrons. The molecule has 4 nitrogen and oxygen atoms in total. The smallest absolute Gasteiger partial charge is 0.257 e. The number of amides is 1. The van der Waals surface area contributed by atoms with E-state index >= 15 is 0 Å². The number of aromatic nitrogens is 2. The highest BCUT2D eigenvalue weighted by atomic mass is 35.5. The first-order chi connectivity index (χ1) is 8.79. The lowest BCUT2D eigenvalue weighted by molar-refractivity contribution is 0.102. The molecule has 0 atom stereocenters. The van der Waals surface area contributed by atoms with Gasteiger partial charge in [-0.25, -0.2) is 0 Å². The fourth-order valence-corrected chi connectivity index (χ4v) is 1.71. The maximum atomic E-state index is 11.8. The van der Waals surface area contributed by atoms with Gasteiger partial charge in [-0.05, 0) is 30.2 Å². The van der Waals surface area contributed by atoms with Gasteiger partial charge in [0.1, 0.15) is 0 Å². The number of aryl methyl sites for hydroxylation is 1. The summed E-state index contributed by atoms with van der Waals surface area (Å²) in [5, 5.41) is 10.1. The molecule has 2 rings (SSSR count). The van der Waals surface area contributed by atoms with Crippen molar-refractivity contribution in [1.29, 1.82) is 0 Å². The molecule has 0 spiro atoms. The Morgan fingerprint density at radius 2 is 1.94 bits per heavy atom. The summed E-state index contributed by atoms with van der Waals surface area (Å²) in [6.07, 6.45) is 3.74. The molecule has 18 heavy (non-hydrogen) atoms. The van der Waals surface area contributed by atoms with Crippen LogP contribution in [0.1, 0.15) is 15.9 Å². The van der Waals surface area contributed by atoms with E-state index in [4.69, 9.17) is 11.6 Å². The third-order valence-electron chi connectivity index (χ3n) is 2.44. The predicted molar refractivity (Wildman–Crippen MR) is 70.9 cm³/mol. The van der Waals surface area contributed by atoms with Gasteiger partial charge >= 0.3 is 0 Å². The largest absolute Gasteiger partial charge is 0.322 e. The van der Waals surface area contributed by atoms with Gasteiger partial charge in [-0.15, -0.1) is 11.6 Å². The van der Waals surface area contributed by atoms with Crippen LogP contribution in [-0.4, -0.2) is 22.0 Å². The molecule has 1 heterocycles. The van der Waals surface area contributed by atoms with Gasteiger partial charge < -0.3 is 5.32 Å². The van der Waals surface area contributed by atoms with Crippen LogP contribution in [0.15, 0.2) is 42.7 Å². The lowest BCUT2D eigenvalue weighted by atomic mass is 10.1. The van der Waals surface area contributed by atoms with Gasteiger partial charge in [-0.2, -0.15) is 10.2 Å². The number of hydrogen-bond donors (Lipinski definition) is 1. The highest BCUT2D eigenvalue weighted by Gasteiger charge is 2.05. The fraction of sp³-hybridized carbons (Fsp3) is 0.154. The molecule has 1 amide bonds. The first-order valence-electron chi connectivity index (χ1n) is 5.52. The number of benzene rings is 1. The number of anilines is 1. The predicted octanol–water partition coefficient (Wildman–Crippen LogP) is 2.51. The Kier molecular flexibility index (Phi) is 4.25. The molecule has 0 aliphatic rings. The Labute approximate surface area is 110 Å². The molecular weight excluding hydrogens is 250 g/mol. The number of carbonyl (C=O) groups excluding carboxylic acids is 1. The zero-order chi connectivity index (χ0) is 12.8. The van der Waals surface area contributed by atoms with Crippen LogP contribution in [-0.2, 0) is 6.42 Å². The molecule has 1 aromatic heterocycles. The average Bonchev–Trinajstić information content (AvgIpc) is 2.42. The number of alkyl halides is 1. The lowest BCUT2D eigenvalue weighted by Crippen LogP contribution is -2.12. The van der Waals surface area contributed by atoms with Gasteiger partial charge in [-0.1, -0.05) is 12.1 Å². The number of carbonyl (C=O) groups is 1. The molecule has 0 saturated heterocycles. The van der Waals surface area contributed by atoms with E-state index in [1.807, 2.05) is 24.3 Å². The van der Waals surface area contributed by atoms with Crippen molar-refractivity contribution in [2.45, 2.75) is 6.42 Å². The fourth-order valence-electron chi connectivity index (χ4n) is 1.49. The molecule has 0 aliphatic heterocycles. The van der Waals surface area contributed by atoms with Crippen molar-refractivity contribution in [3.8, 4) is 0 Å². The number of rotatable bonds is 4. The van der Waals surface area contributed by atoms with Crippen molar-refractivity contribution in [2.24, 2.45) is 0 Å². The number of nitrogens with one attached hydrogen (secondary N) is 1. The van der Waals surface area contributed by atoms with Crippen molar-refractivity contribution in [3.05, 3.63) is 53.9 Å². The third kappa shape index (κ3) is 3.28. The molecule has 92 valence electrons. The van der Waals surface area contributed by atoms with Crippen molar-refractivity contribution in [1.82, 2.24) is 10.2 Å². The van der Waals surface area contributed by atoms with Crippen LogP contribution in [0, 0.1) is 0 Å². The van der Waals surface area contributed by atoms with E-state index in [1.54, 1.807) is 6.07 Å². The minimum Gasteiger partial charge on any atom is -0.322 e. The molecule has 1 N–H and O–H groups in total. The second kappa shape index (κ2) is 6.12. The maximum absolute atomic E-state index is 11.8. The monoisotopic (exact) mass is 261 g/mol. The van der Waals surface area contributed by atoms with Crippen LogP contribution in [0.2, 0.25) is 0 Å². The molecule has 1 aromatic carbocycles. The summed E-state index contributed by atoms with van der Waals surface area (Å²) < 4.78 is 0. The second-order valence-electron chi connectivity index (χ2n) is 3.72. The summed E-state index contributed by atoms with van der Waals surface area (Å²) in [6.45, 7) is 0. The Morgan fingerprint density at radius 3 is 2.56 bits per heavy atom. The molecule has 0 unspecified atom stereocenters. The van der Waals surface area contributed by atoms with Gasteiger partial charge in [-0.3, -0.25) is 4.79 Å². The molecule has 5 heteroatoms. The van der Waals surface area contributed by atoms with Crippen molar-refractivity contribution < 1.29 is 4.79 Å². The SMILES string of the molecule is O=C(Nc1ccc(CCCl)cc1)c1ccnnc1. The van der Waals surface area contributed by atoms with E-state index in [1.165, 1.54) is 12.4 Å². The Hall–Kier alpha value is -1.94. The standard InChI is InChI=1S/C13H12ClN3O/c14-7-5-10-1-3-12(4-2-10)17-13(18)11-6-8-15-16-9-11/h1-4,6,8-9H,5,7H2,(H,17,18). The molecule has 0 saturated carbocycles. The first-order valence-corrected chi connectivity index (χ1v) is 6.06. The highest BCUT2D eigenvalue weighted by Crippen LogP contribution is 2.11. The normalized spacial score (nSPS) is 10.1. The summed E-state index contributed by atoms with van der Waals surface area (Å²) >= 11 is 5.66. The van der Waals surface area contributed by atoms with E-state index in [0.29, 0.717) is 11.4 Å². The van der Waals surface area contributed by atoms with Crippen LogP contribution < -0.4 is 5.32 Å². The van der Waals surface area contributed by atoms with E-state index in [-0.39, 0.29) is 5.91 Å². The first kappa shape index (κ1) is 12.5. The molecule has 2 aromatic rings. The van der Waals surface area contributed by atoms with Crippen LogP contribution in [0.3, 0.4) is 0 Å². The molecular formula is C13H12ClN3O. The average molecular weight is 262 g/mol. The lowest BCUT2D eigenvalue weighted by Gasteiger charge is -2.05. The van der Waals surface area contributed by atoms with Gasteiger partial charge in [0.2, 0.25) is 0 Å². The summed E-state index contributed by atoms with van der Waals surface area (Å²) in [5.74, 6) is 0.393. The Balaban J connectivity index is 2.03. The Bertz CT molecular complexity index is 514. The summed E-state index contributed by atoms with van der Waals surface area (Å²) in [5.41, 5.74) is 2.37. The number of hydrogen-bond acceptors (Lipinski definition) is 3. The van der Waals surface area contributed by atoms with Crippen LogP contribution in [0.25, 0.3) is 0 Å². The minimum absolute atomic E-state index is 0.199. The van der Waals surface area contributed by atoms with Crippen molar-refractivity contribution >= 4 is 23.2 Å². The van der Waals surface area contributed by atoms with Crippen LogP contribution in [0.4, 0.5) is 5.69 Å². The third-order valence-corrected chi connectivity index (χ3v) is 2.63. The minimum atomic E-state index is -0.199. The van der Waals surface area contributed by atoms with Crippen LogP contribution in [0.5, 0.6) is 0 Å². The van der Waals surface area contributed by atoms with Gasteiger partial charge in [0.05, 0.1) is 18.0 Å². The summed E-state index contributed by atoms with van der Waals surface area (Å²) in [7, 11) is 0. The van der Waals surface area contributed by atoms with E-state index in [0.717, 1.165) is 17.7 Å². The number of halogens is 1. The zero-order valence-corrected chi connectivity index (χ0v) is 10.4. The summed E-state index contributed by atoms with van der Waals surface area (Å²) in [4.78, 5) is 11.8. The maximum Gasteiger partial charge on any atom is 0.257 e. The van der Waals surface area contributed by atoms with Crippen molar-refractivity contribution in [3.63, 3.8) is 0 Å². The van der Waals surface area contributed by atoms with E-state index < -0.39 is 0 Å². The Morgan fingerprint density at radius 1 is 1.17 bits per heavy atom. The molecule has 0 bridgehead atoms. The molecule has 0 aliphatic carbocycles. The highest BCUT2D eigenvalue weighted by molar-refractivity contribution is 6.18. The summed E-state index contributed by atoms with van der Waals surface area (Å²) in [6, 6.07) is 9.22. The topological polar surface area (TPSA) is 54.9 Å². The molecule has 0 fully saturated rings. The van der Waals surface area contributed by atoms with Gasteiger partial charge in [0.25, 0.3) is 5.91 Å². The van der Waals surface area contributed by atoms with E-state index in [9.17, 15) is 4.79 Å². The quantitative estimate of drug-likeness (QED) is 0.861.